The largest absolute Gasteiger partial charge is 0.491 e. The Hall–Kier alpha value is -0.710. The molecule has 2 N–H and O–H groups in total. The highest BCUT2D eigenvalue weighted by molar-refractivity contribution is 14.0. The Kier molecular flexibility index (Phi) is 9.02. The van der Waals surface area contributed by atoms with Gasteiger partial charge in [-0.2, -0.15) is 13.2 Å². The van der Waals surface area contributed by atoms with Gasteiger partial charge in [-0.1, -0.05) is 15.9 Å². The second-order valence-electron chi connectivity index (χ2n) is 3.74. The van der Waals surface area contributed by atoms with Crippen molar-refractivity contribution in [1.82, 2.24) is 10.6 Å². The number of hydrogen-bond acceptors (Lipinski definition) is 2. The van der Waals surface area contributed by atoms with Crippen molar-refractivity contribution < 1.29 is 17.9 Å². The molecule has 0 aliphatic carbocycles. The van der Waals surface area contributed by atoms with Crippen LogP contribution in [0.25, 0.3) is 0 Å². The summed E-state index contributed by atoms with van der Waals surface area (Å²) in [5, 5.41) is 5.67. The Morgan fingerprint density at radius 2 is 2.05 bits per heavy atom. The summed E-state index contributed by atoms with van der Waals surface area (Å²) in [6, 6.07) is 3.79. The molecule has 0 fully saturated rings. The number of halogens is 5. The van der Waals surface area contributed by atoms with Gasteiger partial charge in [-0.05, 0) is 18.2 Å². The van der Waals surface area contributed by atoms with Gasteiger partial charge < -0.3 is 15.4 Å². The first-order valence-electron chi connectivity index (χ1n) is 5.76. The zero-order chi connectivity index (χ0) is 15.2. The zero-order valence-corrected chi connectivity index (χ0v) is 15.3. The summed E-state index contributed by atoms with van der Waals surface area (Å²) < 4.78 is 44.0. The van der Waals surface area contributed by atoms with Crippen molar-refractivity contribution in [3.63, 3.8) is 0 Å². The molecule has 0 radical (unpaired) electrons. The van der Waals surface area contributed by atoms with E-state index in [4.69, 9.17) is 4.74 Å². The molecule has 21 heavy (non-hydrogen) atoms. The Morgan fingerprint density at radius 1 is 1.38 bits per heavy atom. The molecule has 1 aromatic rings. The van der Waals surface area contributed by atoms with Crippen molar-refractivity contribution >= 4 is 45.9 Å². The number of alkyl halides is 3. The van der Waals surface area contributed by atoms with E-state index >= 15 is 0 Å². The van der Waals surface area contributed by atoms with Crippen molar-refractivity contribution in [3.8, 4) is 5.75 Å². The highest BCUT2D eigenvalue weighted by atomic mass is 127. The topological polar surface area (TPSA) is 45.7 Å². The van der Waals surface area contributed by atoms with Gasteiger partial charge in [0.2, 0.25) is 0 Å². The predicted molar refractivity (Wildman–Crippen MR) is 90.5 cm³/mol. The van der Waals surface area contributed by atoms with Crippen LogP contribution in [0, 0.1) is 0 Å². The number of benzene rings is 1. The smallest absolute Gasteiger partial charge is 0.420 e. The first-order valence-corrected chi connectivity index (χ1v) is 6.55. The first-order chi connectivity index (χ1) is 9.38. The molecule has 0 aromatic heterocycles. The van der Waals surface area contributed by atoms with Crippen LogP contribution in [0.5, 0.6) is 5.75 Å². The number of nitrogens with zero attached hydrogens (tertiary/aromatic N) is 1. The zero-order valence-electron chi connectivity index (χ0n) is 11.4. The van der Waals surface area contributed by atoms with Gasteiger partial charge in [-0.15, -0.1) is 24.0 Å². The molecule has 0 aliphatic rings. The van der Waals surface area contributed by atoms with Gasteiger partial charge in [0.15, 0.2) is 5.96 Å². The van der Waals surface area contributed by atoms with Crippen LogP contribution >= 0.6 is 39.9 Å². The maximum absolute atomic E-state index is 12.8. The second-order valence-corrected chi connectivity index (χ2v) is 4.65. The second kappa shape index (κ2) is 9.34. The van der Waals surface area contributed by atoms with Gasteiger partial charge in [0, 0.05) is 18.6 Å². The van der Waals surface area contributed by atoms with Crippen molar-refractivity contribution in [2.75, 3.05) is 27.2 Å². The molecule has 1 aromatic carbocycles. The average molecular weight is 482 g/mol. The number of ether oxygens (including phenoxy) is 1. The lowest BCUT2D eigenvalue weighted by Gasteiger charge is -2.15. The fourth-order valence-corrected chi connectivity index (χ4v) is 1.82. The highest BCUT2D eigenvalue weighted by Crippen LogP contribution is 2.37. The Bertz CT molecular complexity index is 483. The lowest BCUT2D eigenvalue weighted by atomic mass is 10.2. The van der Waals surface area contributed by atoms with E-state index < -0.39 is 11.7 Å². The number of hydrogen-bond donors (Lipinski definition) is 2. The summed E-state index contributed by atoms with van der Waals surface area (Å²) in [5.41, 5.74) is -0.801. The summed E-state index contributed by atoms with van der Waals surface area (Å²) in [4.78, 5) is 3.87. The average Bonchev–Trinajstić information content (AvgIpc) is 2.39. The minimum Gasteiger partial charge on any atom is -0.491 e. The van der Waals surface area contributed by atoms with Crippen LogP contribution in [0.1, 0.15) is 5.56 Å². The molecular weight excluding hydrogens is 466 g/mol. The van der Waals surface area contributed by atoms with Gasteiger partial charge in [0.25, 0.3) is 0 Å². The summed E-state index contributed by atoms with van der Waals surface area (Å²) in [6.45, 7) is 0.423. The SMILES string of the molecule is CN=C(NC)NCCOc1ccc(Br)cc1C(F)(F)F.I. The van der Waals surface area contributed by atoms with Gasteiger partial charge >= 0.3 is 6.18 Å². The van der Waals surface area contributed by atoms with Gasteiger partial charge in [-0.3, -0.25) is 4.99 Å². The van der Waals surface area contributed by atoms with E-state index in [-0.39, 0.29) is 36.3 Å². The van der Waals surface area contributed by atoms with Crippen molar-refractivity contribution in [2.45, 2.75) is 6.18 Å². The molecule has 1 rings (SSSR count). The van der Waals surface area contributed by atoms with E-state index in [1.54, 1.807) is 14.1 Å². The van der Waals surface area contributed by atoms with Crippen molar-refractivity contribution in [1.29, 1.82) is 0 Å². The van der Waals surface area contributed by atoms with Gasteiger partial charge in [0.1, 0.15) is 12.4 Å². The minimum atomic E-state index is -4.45. The molecule has 0 bridgehead atoms. The number of guanidine groups is 1. The number of nitrogens with one attached hydrogen (secondary N) is 2. The van der Waals surface area contributed by atoms with Crippen molar-refractivity contribution in [2.24, 2.45) is 4.99 Å². The van der Waals surface area contributed by atoms with E-state index in [1.165, 1.54) is 12.1 Å². The molecule has 0 atom stereocenters. The van der Waals surface area contributed by atoms with Crippen LogP contribution in [0.2, 0.25) is 0 Å². The molecule has 0 heterocycles. The predicted octanol–water partition coefficient (Wildman–Crippen LogP) is 3.26. The summed E-state index contributed by atoms with van der Waals surface area (Å²) >= 11 is 3.02. The summed E-state index contributed by atoms with van der Waals surface area (Å²) in [5.74, 6) is 0.349. The molecule has 4 nitrogen and oxygen atoms in total. The van der Waals surface area contributed by atoms with E-state index in [0.29, 0.717) is 17.0 Å². The molecular formula is C12H16BrF3IN3O. The van der Waals surface area contributed by atoms with Crippen LogP contribution in [0.4, 0.5) is 13.2 Å². The monoisotopic (exact) mass is 481 g/mol. The third-order valence-corrected chi connectivity index (χ3v) is 2.85. The summed E-state index contributed by atoms with van der Waals surface area (Å²) in [6.07, 6.45) is -4.45. The standard InChI is InChI=1S/C12H15BrF3N3O.HI/c1-17-11(18-2)19-5-6-20-10-4-3-8(13)7-9(10)12(14,15)16;/h3-4,7H,5-6H2,1-2H3,(H2,17,18,19);1H. The molecule has 0 aliphatic heterocycles. The highest BCUT2D eigenvalue weighted by Gasteiger charge is 2.34. The normalized spacial score (nSPS) is 11.6. The minimum absolute atomic E-state index is 0. The lowest BCUT2D eigenvalue weighted by Crippen LogP contribution is -2.37. The first kappa shape index (κ1) is 20.3. The van der Waals surface area contributed by atoms with Gasteiger partial charge in [-0.25, -0.2) is 0 Å². The molecule has 9 heteroatoms. The van der Waals surface area contributed by atoms with Crippen LogP contribution in [0.15, 0.2) is 27.7 Å². The van der Waals surface area contributed by atoms with Crippen LogP contribution in [0.3, 0.4) is 0 Å². The Morgan fingerprint density at radius 3 is 2.57 bits per heavy atom. The summed E-state index contributed by atoms with van der Waals surface area (Å²) in [7, 11) is 3.28. The number of rotatable bonds is 4. The quantitative estimate of drug-likeness (QED) is 0.300. The maximum Gasteiger partial charge on any atom is 0.420 e. The third kappa shape index (κ3) is 6.72. The van der Waals surface area contributed by atoms with E-state index in [9.17, 15) is 13.2 Å². The van der Waals surface area contributed by atoms with E-state index in [1.807, 2.05) is 0 Å². The molecule has 0 saturated heterocycles. The van der Waals surface area contributed by atoms with Crippen LogP contribution in [-0.2, 0) is 6.18 Å². The van der Waals surface area contributed by atoms with E-state index in [0.717, 1.165) is 6.07 Å². The molecule has 0 spiro atoms. The molecule has 0 saturated carbocycles. The van der Waals surface area contributed by atoms with Crippen molar-refractivity contribution in [3.05, 3.63) is 28.2 Å². The Labute approximate surface area is 146 Å². The lowest BCUT2D eigenvalue weighted by molar-refractivity contribution is -0.139. The van der Waals surface area contributed by atoms with Crippen LogP contribution in [-0.4, -0.2) is 33.2 Å². The fourth-order valence-electron chi connectivity index (χ4n) is 1.46. The fraction of sp³-hybridized carbons (Fsp3) is 0.417. The third-order valence-electron chi connectivity index (χ3n) is 2.36. The number of aliphatic imine (C=N–C) groups is 1. The van der Waals surface area contributed by atoms with Crippen LogP contribution < -0.4 is 15.4 Å². The maximum atomic E-state index is 12.8. The molecule has 0 unspecified atom stereocenters. The molecule has 120 valence electrons. The van der Waals surface area contributed by atoms with E-state index in [2.05, 4.69) is 31.6 Å². The molecule has 0 amide bonds. The Balaban J connectivity index is 0.00000400. The van der Waals surface area contributed by atoms with Gasteiger partial charge in [0.05, 0.1) is 12.1 Å².